The zero-order valence-electron chi connectivity index (χ0n) is 51.9. The average molecular weight is 1220 g/mol. The Bertz CT molecular complexity index is 6340. The number of benzene rings is 14. The van der Waals surface area contributed by atoms with Crippen molar-refractivity contribution >= 4 is 87.2 Å². The van der Waals surface area contributed by atoms with Crippen LogP contribution in [-0.2, 0) is 0 Å². The van der Waals surface area contributed by atoms with Crippen LogP contribution in [0.25, 0.3) is 177 Å². The predicted molar refractivity (Wildman–Crippen MR) is 397 cm³/mol. The Labute approximate surface area is 552 Å². The average Bonchev–Trinajstić information content (AvgIpc) is 1.65. The van der Waals surface area contributed by atoms with E-state index in [1.807, 2.05) is 24.3 Å². The van der Waals surface area contributed by atoms with Crippen LogP contribution < -0.4 is 0 Å². The third kappa shape index (κ3) is 8.89. The highest BCUT2D eigenvalue weighted by Crippen LogP contribution is 2.42. The van der Waals surface area contributed by atoms with Gasteiger partial charge < -0.3 is 18.3 Å². The molecule has 0 bridgehead atoms. The fourth-order valence-electron chi connectivity index (χ4n) is 14.9. The van der Waals surface area contributed by atoms with Crippen LogP contribution in [-0.4, -0.2) is 28.2 Å². The van der Waals surface area contributed by atoms with E-state index in [9.17, 15) is 5.26 Å². The van der Waals surface area contributed by atoms with Gasteiger partial charge in [0.25, 0.3) is 0 Å². The zero-order valence-corrected chi connectivity index (χ0v) is 51.9. The normalized spacial score (nSPS) is 11.7. The minimum atomic E-state index is 0.595. The molecule has 7 nitrogen and oxygen atoms in total. The number of hydrogen-bond acceptors (Lipinski definition) is 3. The molecule has 14 aromatic carbocycles. The van der Waals surface area contributed by atoms with Crippen molar-refractivity contribution in [1.82, 2.24) is 28.2 Å². The largest absolute Gasteiger partial charge is 0.309 e. The molecule has 0 saturated carbocycles. The summed E-state index contributed by atoms with van der Waals surface area (Å²) in [6, 6.07) is 122. The maximum Gasteiger partial charge on any atom is 0.160 e. The molecule has 0 aliphatic heterocycles. The Morgan fingerprint density at radius 2 is 0.469 bits per heavy atom. The summed E-state index contributed by atoms with van der Waals surface area (Å²) in [5.74, 6) is 0.611. The van der Waals surface area contributed by atoms with Crippen molar-refractivity contribution in [3.8, 4) is 96.1 Å². The summed E-state index contributed by atoms with van der Waals surface area (Å²) in [6.07, 6.45) is 0. The molecule has 19 rings (SSSR count). The minimum Gasteiger partial charge on any atom is -0.309 e. The second-order valence-corrected chi connectivity index (χ2v) is 24.8. The van der Waals surface area contributed by atoms with Gasteiger partial charge in [-0.1, -0.05) is 182 Å². The molecule has 0 spiro atoms. The van der Waals surface area contributed by atoms with Crippen LogP contribution in [0.1, 0.15) is 5.56 Å². The summed E-state index contributed by atoms with van der Waals surface area (Å²) < 4.78 is 9.48. The summed E-state index contributed by atoms with van der Waals surface area (Å²) in [5, 5.41) is 19.5. The van der Waals surface area contributed by atoms with Crippen LogP contribution in [0, 0.1) is 11.3 Å². The summed E-state index contributed by atoms with van der Waals surface area (Å²) in [7, 11) is 0. The monoisotopic (exact) mass is 1220 g/mol. The van der Waals surface area contributed by atoms with E-state index in [1.54, 1.807) is 0 Å². The molecule has 0 unspecified atom stereocenters. The molecule has 0 amide bonds. The van der Waals surface area contributed by atoms with Gasteiger partial charge in [-0.2, -0.15) is 5.26 Å². The van der Waals surface area contributed by atoms with E-state index in [4.69, 9.17) is 9.97 Å². The third-order valence-corrected chi connectivity index (χ3v) is 19.4. The van der Waals surface area contributed by atoms with Crippen molar-refractivity contribution in [2.24, 2.45) is 0 Å². The fraction of sp³-hybridized carbons (Fsp3) is 0. The molecular weight excluding hydrogens is 1170 g/mol. The van der Waals surface area contributed by atoms with Gasteiger partial charge in [0.1, 0.15) is 0 Å². The Morgan fingerprint density at radius 1 is 0.208 bits per heavy atom. The van der Waals surface area contributed by atoms with Crippen molar-refractivity contribution in [3.63, 3.8) is 0 Å². The van der Waals surface area contributed by atoms with Crippen molar-refractivity contribution in [2.75, 3.05) is 0 Å². The third-order valence-electron chi connectivity index (χ3n) is 19.4. The van der Waals surface area contributed by atoms with Crippen LogP contribution in [0.2, 0.25) is 0 Å². The van der Waals surface area contributed by atoms with Gasteiger partial charge in [0.15, 0.2) is 5.82 Å². The molecule has 446 valence electrons. The topological polar surface area (TPSA) is 69.3 Å². The highest BCUT2D eigenvalue weighted by Gasteiger charge is 2.20. The van der Waals surface area contributed by atoms with E-state index in [1.165, 1.54) is 87.4 Å². The molecule has 0 N–H and O–H groups in total. The maximum atomic E-state index is 9.71. The molecule has 96 heavy (non-hydrogen) atoms. The molecule has 0 aliphatic rings. The van der Waals surface area contributed by atoms with Gasteiger partial charge in [-0.05, 0) is 185 Å². The smallest absolute Gasteiger partial charge is 0.160 e. The Morgan fingerprint density at radius 3 is 0.812 bits per heavy atom. The summed E-state index contributed by atoms with van der Waals surface area (Å²) >= 11 is 0. The van der Waals surface area contributed by atoms with Gasteiger partial charge in [0.2, 0.25) is 0 Å². The van der Waals surface area contributed by atoms with Crippen LogP contribution in [0.3, 0.4) is 0 Å². The minimum absolute atomic E-state index is 0.595. The number of hydrogen-bond donors (Lipinski definition) is 0. The van der Waals surface area contributed by atoms with Gasteiger partial charge in [-0.3, -0.25) is 0 Å². The van der Waals surface area contributed by atoms with Gasteiger partial charge in [-0.25, -0.2) is 9.97 Å². The first-order valence-electron chi connectivity index (χ1n) is 32.5. The second-order valence-electron chi connectivity index (χ2n) is 24.8. The van der Waals surface area contributed by atoms with E-state index >= 15 is 0 Å². The quantitative estimate of drug-likeness (QED) is 0.137. The lowest BCUT2D eigenvalue weighted by atomic mass is 10.0. The Hall–Kier alpha value is -13.2. The number of nitriles is 1. The van der Waals surface area contributed by atoms with Crippen LogP contribution in [0.15, 0.2) is 334 Å². The standard InChI is InChI=1S/C89H55N7/c90-56-57-27-29-60(30-28-57)79-55-80(92-89(91-79)62-37-45-70(46-38-62)96-84-26-14-10-22-74(84)78-54-66(42-50-88(78)96)64-40-48-86-76(52-64)72-20-8-12-24-82(72)94(86)68-17-5-2-6-18-68)61-33-31-58(32-34-61)59-35-43-69(44-36-59)95-83-25-13-9-21-73(83)77-53-65(41-49-87(77)95)63-39-47-85-75(51-63)71-19-7-11-23-81(71)93(85)67-15-3-1-4-16-67/h1-55H. The number of nitrogens with zero attached hydrogens (tertiary/aromatic N) is 7. The number of rotatable bonds is 10. The Kier molecular flexibility index (Phi) is 12.5. The SMILES string of the molecule is N#Cc1ccc(-c2cc(-c3ccc(-c4ccc(-n5c6ccccc6c6cc(-c7ccc8c(c7)c7ccccc7n8-c7ccccc7)ccc65)cc4)cc3)nc(-c3ccc(-n4c5ccccc5c5cc(-c6ccc7c(c6)c6ccccc6n7-c6ccccc6)ccc54)cc3)n2)cc1. The Balaban J connectivity index is 0.628. The van der Waals surface area contributed by atoms with Crippen molar-refractivity contribution in [2.45, 2.75) is 0 Å². The highest BCUT2D eigenvalue weighted by molar-refractivity contribution is 6.15. The molecule has 0 aliphatic carbocycles. The zero-order chi connectivity index (χ0) is 63.4. The predicted octanol–water partition coefficient (Wildman–Crippen LogP) is 22.7. The lowest BCUT2D eigenvalue weighted by Gasteiger charge is -2.12. The molecule has 0 saturated heterocycles. The molecule has 0 fully saturated rings. The first-order chi connectivity index (χ1) is 47.5. The molecule has 0 radical (unpaired) electrons. The maximum absolute atomic E-state index is 9.71. The number of aromatic nitrogens is 6. The van der Waals surface area contributed by atoms with E-state index in [2.05, 4.69) is 334 Å². The van der Waals surface area contributed by atoms with E-state index in [-0.39, 0.29) is 0 Å². The van der Waals surface area contributed by atoms with E-state index < -0.39 is 0 Å². The fourth-order valence-corrected chi connectivity index (χ4v) is 14.9. The summed E-state index contributed by atoms with van der Waals surface area (Å²) in [4.78, 5) is 10.5. The molecule has 19 aromatic rings. The first kappa shape index (κ1) is 54.6. The van der Waals surface area contributed by atoms with Gasteiger partial charge in [-0.15, -0.1) is 0 Å². The molecule has 0 atom stereocenters. The van der Waals surface area contributed by atoms with E-state index in [0.717, 1.165) is 84.0 Å². The van der Waals surface area contributed by atoms with Crippen molar-refractivity contribution in [3.05, 3.63) is 339 Å². The molecule has 5 aromatic heterocycles. The van der Waals surface area contributed by atoms with Crippen molar-refractivity contribution < 1.29 is 0 Å². The first-order valence-corrected chi connectivity index (χ1v) is 32.5. The van der Waals surface area contributed by atoms with Crippen molar-refractivity contribution in [1.29, 1.82) is 5.26 Å². The van der Waals surface area contributed by atoms with Crippen LogP contribution in [0.5, 0.6) is 0 Å². The molecular formula is C89H55N7. The lowest BCUT2D eigenvalue weighted by Crippen LogP contribution is -1.97. The summed E-state index contributed by atoms with van der Waals surface area (Å²) in [6.45, 7) is 0. The van der Waals surface area contributed by atoms with Crippen LogP contribution >= 0.6 is 0 Å². The molecule has 5 heterocycles. The lowest BCUT2D eigenvalue weighted by molar-refractivity contribution is 1.16. The van der Waals surface area contributed by atoms with Gasteiger partial charge in [0.05, 0.1) is 67.2 Å². The van der Waals surface area contributed by atoms with Crippen LogP contribution in [0.4, 0.5) is 0 Å². The number of para-hydroxylation sites is 6. The summed E-state index contributed by atoms with van der Waals surface area (Å²) in [5.41, 5.74) is 25.7. The van der Waals surface area contributed by atoms with E-state index in [0.29, 0.717) is 11.4 Å². The van der Waals surface area contributed by atoms with Gasteiger partial charge in [0, 0.05) is 82.5 Å². The highest BCUT2D eigenvalue weighted by atomic mass is 15.0. The second kappa shape index (κ2) is 22.0. The molecule has 7 heteroatoms. The number of fused-ring (bicyclic) bond motifs is 12. The van der Waals surface area contributed by atoms with Gasteiger partial charge >= 0.3 is 0 Å².